The summed E-state index contributed by atoms with van der Waals surface area (Å²) in [6.07, 6.45) is 0.108. The summed E-state index contributed by atoms with van der Waals surface area (Å²) in [5.74, 6) is -0.133. The van der Waals surface area contributed by atoms with Gasteiger partial charge in [-0.25, -0.2) is 4.79 Å². The molecule has 1 N–H and O–H groups in total. The van der Waals surface area contributed by atoms with Crippen molar-refractivity contribution in [3.63, 3.8) is 0 Å². The van der Waals surface area contributed by atoms with Gasteiger partial charge < -0.3 is 9.84 Å². The number of hydrogen-bond acceptors (Lipinski definition) is 3. The fraction of sp³-hybridized carbons (Fsp3) is 0.364. The highest BCUT2D eigenvalue weighted by Crippen LogP contribution is 2.51. The lowest BCUT2D eigenvalue weighted by Crippen LogP contribution is -2.76. The molecule has 1 heterocycles. The van der Waals surface area contributed by atoms with Gasteiger partial charge in [-0.1, -0.05) is 60.7 Å². The molecule has 140 valence electrons. The molecule has 1 aliphatic carbocycles. The van der Waals surface area contributed by atoms with Crippen molar-refractivity contribution < 1.29 is 19.4 Å². The third-order valence-electron chi connectivity index (χ3n) is 5.94. The van der Waals surface area contributed by atoms with Crippen molar-refractivity contribution in [1.29, 1.82) is 0 Å². The van der Waals surface area contributed by atoms with Crippen LogP contribution < -0.4 is 0 Å². The van der Waals surface area contributed by atoms with E-state index in [0.717, 1.165) is 11.1 Å². The van der Waals surface area contributed by atoms with Crippen molar-refractivity contribution >= 4 is 11.9 Å². The molecule has 0 spiro atoms. The maximum Gasteiger partial charge on any atom is 0.407 e. The minimum atomic E-state index is -0.976. The number of ether oxygens (including phenoxy) is 1. The van der Waals surface area contributed by atoms with Crippen LogP contribution >= 0.6 is 0 Å². The molecule has 0 radical (unpaired) electrons. The van der Waals surface area contributed by atoms with Gasteiger partial charge in [0.15, 0.2) is 0 Å². The molecule has 27 heavy (non-hydrogen) atoms. The molecule has 5 heteroatoms. The summed E-state index contributed by atoms with van der Waals surface area (Å²) < 4.78 is 6.18. The second-order valence-corrected chi connectivity index (χ2v) is 7.38. The molecule has 2 fully saturated rings. The van der Waals surface area contributed by atoms with E-state index in [1.807, 2.05) is 60.7 Å². The highest BCUT2D eigenvalue weighted by atomic mass is 16.5. The summed E-state index contributed by atoms with van der Waals surface area (Å²) in [7, 11) is 0. The summed E-state index contributed by atoms with van der Waals surface area (Å²) in [6.45, 7) is 0.652. The average Bonchev–Trinajstić information content (AvgIpc) is 2.67. The fourth-order valence-corrected chi connectivity index (χ4v) is 4.58. The molecule has 1 aliphatic heterocycles. The Kier molecular flexibility index (Phi) is 4.70. The Labute approximate surface area is 158 Å². The van der Waals surface area contributed by atoms with E-state index < -0.39 is 11.6 Å². The maximum absolute atomic E-state index is 12.6. The van der Waals surface area contributed by atoms with Gasteiger partial charge in [-0.3, -0.25) is 9.69 Å². The number of piperidine rings is 1. The molecule has 4 rings (SSSR count). The van der Waals surface area contributed by atoms with E-state index in [2.05, 4.69) is 0 Å². The first kappa shape index (κ1) is 17.7. The van der Waals surface area contributed by atoms with Crippen LogP contribution in [0.5, 0.6) is 0 Å². The number of amides is 1. The molecule has 1 saturated heterocycles. The third-order valence-corrected chi connectivity index (χ3v) is 5.94. The molecule has 0 aromatic heterocycles. The van der Waals surface area contributed by atoms with E-state index in [4.69, 9.17) is 4.74 Å². The number of hydrogen-bond donors (Lipinski definition) is 1. The topological polar surface area (TPSA) is 66.8 Å². The van der Waals surface area contributed by atoms with Gasteiger partial charge in [0, 0.05) is 18.9 Å². The van der Waals surface area contributed by atoms with Crippen molar-refractivity contribution in [2.24, 2.45) is 5.92 Å². The number of carboxylic acid groups (broad SMARTS) is 1. The summed E-state index contributed by atoms with van der Waals surface area (Å²) >= 11 is 0. The molecular weight excluding hydrogens is 342 g/mol. The molecule has 2 aromatic carbocycles. The second kappa shape index (κ2) is 7.16. The van der Waals surface area contributed by atoms with Crippen LogP contribution in [-0.2, 0) is 22.6 Å². The monoisotopic (exact) mass is 365 g/mol. The molecule has 2 aliphatic rings. The zero-order valence-corrected chi connectivity index (χ0v) is 15.1. The smallest absolute Gasteiger partial charge is 0.407 e. The Bertz CT molecular complexity index is 823. The largest absolute Gasteiger partial charge is 0.465 e. The second-order valence-electron chi connectivity index (χ2n) is 7.38. The lowest BCUT2D eigenvalue weighted by molar-refractivity contribution is -0.190. The normalized spacial score (nSPS) is 27.0. The minimum absolute atomic E-state index is 0.156. The zero-order chi connectivity index (χ0) is 18.9. The highest BCUT2D eigenvalue weighted by Gasteiger charge is 2.64. The van der Waals surface area contributed by atoms with Gasteiger partial charge in [-0.2, -0.15) is 0 Å². The van der Waals surface area contributed by atoms with Crippen molar-refractivity contribution in [1.82, 2.24) is 4.90 Å². The lowest BCUT2D eigenvalue weighted by Gasteiger charge is -2.61. The van der Waals surface area contributed by atoms with E-state index in [1.165, 1.54) is 4.90 Å². The van der Waals surface area contributed by atoms with Gasteiger partial charge in [0.25, 0.3) is 0 Å². The van der Waals surface area contributed by atoms with Gasteiger partial charge >= 0.3 is 6.09 Å². The molecule has 0 bridgehead atoms. The van der Waals surface area contributed by atoms with Crippen LogP contribution in [0.1, 0.15) is 24.0 Å². The molecule has 2 aromatic rings. The average molecular weight is 365 g/mol. The van der Waals surface area contributed by atoms with Crippen molar-refractivity contribution in [3.8, 4) is 0 Å². The van der Waals surface area contributed by atoms with Crippen molar-refractivity contribution in [2.45, 2.75) is 37.5 Å². The van der Waals surface area contributed by atoms with Gasteiger partial charge in [0.1, 0.15) is 5.78 Å². The predicted octanol–water partition coefficient (Wildman–Crippen LogP) is 3.53. The number of Topliss-reactive ketones (excluding diaryl/α,β-unsaturated/α-hetero) is 1. The molecule has 1 saturated carbocycles. The minimum Gasteiger partial charge on any atom is -0.465 e. The van der Waals surface area contributed by atoms with Crippen LogP contribution in [-0.4, -0.2) is 40.1 Å². The summed E-state index contributed by atoms with van der Waals surface area (Å²) in [4.78, 5) is 26.1. The highest BCUT2D eigenvalue weighted by molar-refractivity contribution is 5.87. The SMILES string of the molecule is O=C1CCN(C(=O)O)C2(Cc3ccccc3)C(OCc3ccccc3)CC12. The molecule has 3 atom stereocenters. The Hall–Kier alpha value is -2.66. The van der Waals surface area contributed by atoms with E-state index >= 15 is 0 Å². The molecule has 1 amide bonds. The van der Waals surface area contributed by atoms with Crippen LogP contribution in [0.3, 0.4) is 0 Å². The van der Waals surface area contributed by atoms with Crippen LogP contribution in [0.25, 0.3) is 0 Å². The molecular formula is C22H23NO4. The number of carbonyl (C=O) groups excluding carboxylic acids is 1. The van der Waals surface area contributed by atoms with Gasteiger partial charge in [-0.15, -0.1) is 0 Å². The van der Waals surface area contributed by atoms with Crippen molar-refractivity contribution in [2.75, 3.05) is 6.54 Å². The number of carbonyl (C=O) groups is 2. The number of rotatable bonds is 5. The van der Waals surface area contributed by atoms with Gasteiger partial charge in [-0.05, 0) is 24.0 Å². The first-order valence-corrected chi connectivity index (χ1v) is 9.34. The Morgan fingerprint density at radius 3 is 2.33 bits per heavy atom. The Balaban J connectivity index is 1.64. The van der Waals surface area contributed by atoms with Crippen LogP contribution in [0.2, 0.25) is 0 Å². The van der Waals surface area contributed by atoms with Gasteiger partial charge in [0.2, 0.25) is 0 Å². The number of benzene rings is 2. The number of likely N-dealkylation sites (tertiary alicyclic amines) is 1. The van der Waals surface area contributed by atoms with E-state index in [0.29, 0.717) is 25.9 Å². The summed E-state index contributed by atoms with van der Waals surface area (Å²) in [6, 6.07) is 19.6. The molecule has 3 unspecified atom stereocenters. The zero-order valence-electron chi connectivity index (χ0n) is 15.1. The number of ketones is 1. The van der Waals surface area contributed by atoms with Crippen LogP contribution in [0.15, 0.2) is 60.7 Å². The van der Waals surface area contributed by atoms with Gasteiger partial charge in [0.05, 0.1) is 18.2 Å². The maximum atomic E-state index is 12.6. The predicted molar refractivity (Wildman–Crippen MR) is 100 cm³/mol. The fourth-order valence-electron chi connectivity index (χ4n) is 4.58. The summed E-state index contributed by atoms with van der Waals surface area (Å²) in [5.41, 5.74) is 1.26. The molecule has 5 nitrogen and oxygen atoms in total. The van der Waals surface area contributed by atoms with Crippen LogP contribution in [0, 0.1) is 5.92 Å². The summed E-state index contributed by atoms with van der Waals surface area (Å²) in [5, 5.41) is 9.85. The van der Waals surface area contributed by atoms with E-state index in [9.17, 15) is 14.7 Å². The first-order valence-electron chi connectivity index (χ1n) is 9.34. The Morgan fingerprint density at radius 1 is 1.07 bits per heavy atom. The quantitative estimate of drug-likeness (QED) is 0.880. The van der Waals surface area contributed by atoms with E-state index in [1.54, 1.807) is 0 Å². The van der Waals surface area contributed by atoms with Crippen molar-refractivity contribution in [3.05, 3.63) is 71.8 Å². The third kappa shape index (κ3) is 3.12. The lowest BCUT2D eigenvalue weighted by atomic mass is 9.56. The van der Waals surface area contributed by atoms with E-state index in [-0.39, 0.29) is 24.3 Å². The first-order chi connectivity index (χ1) is 13.1. The number of fused-ring (bicyclic) bond motifs is 1. The number of nitrogens with zero attached hydrogens (tertiary/aromatic N) is 1. The standard InChI is InChI=1S/C22H23NO4/c24-19-11-12-23(21(25)26)22(14-16-7-3-1-4-8-16)18(19)13-20(22)27-15-17-9-5-2-6-10-17/h1-10,18,20H,11-15H2,(H,25,26). The van der Waals surface area contributed by atoms with Crippen LogP contribution in [0.4, 0.5) is 4.79 Å². The Morgan fingerprint density at radius 2 is 1.70 bits per heavy atom.